The second-order valence-corrected chi connectivity index (χ2v) is 7.65. The van der Waals surface area contributed by atoms with Gasteiger partial charge in [-0.25, -0.2) is 9.97 Å². The van der Waals surface area contributed by atoms with Crippen LogP contribution in [0, 0.1) is 6.92 Å². The highest BCUT2D eigenvalue weighted by molar-refractivity contribution is 6.32. The Morgan fingerprint density at radius 3 is 2.45 bits per heavy atom. The van der Waals surface area contributed by atoms with E-state index in [1.165, 1.54) is 0 Å². The van der Waals surface area contributed by atoms with E-state index in [0.717, 1.165) is 60.7 Å². The first-order chi connectivity index (χ1) is 14.2. The number of aromatic nitrogens is 2. The first-order valence-corrected chi connectivity index (χ1v) is 9.85. The zero-order chi connectivity index (χ0) is 19.5. The number of fused-ring (bicyclic) bond motifs is 6. The van der Waals surface area contributed by atoms with Gasteiger partial charge in [-0.3, -0.25) is 0 Å². The van der Waals surface area contributed by atoms with Crippen molar-refractivity contribution < 1.29 is 4.42 Å². The number of aryl methyl sites for hydroxylation is 1. The molecule has 0 unspecified atom stereocenters. The Balaban J connectivity index is 1.91. The lowest BCUT2D eigenvalue weighted by Crippen LogP contribution is -1.94. The fourth-order valence-corrected chi connectivity index (χ4v) is 4.36. The van der Waals surface area contributed by atoms with Crippen molar-refractivity contribution in [2.45, 2.75) is 6.92 Å². The Hall–Kier alpha value is -3.43. The number of benzene rings is 3. The molecule has 0 bridgehead atoms. The molecule has 3 aromatic heterocycles. The van der Waals surface area contributed by atoms with Gasteiger partial charge in [-0.2, -0.15) is 0 Å². The van der Waals surface area contributed by atoms with Crippen LogP contribution in [0.4, 0.5) is 0 Å². The molecule has 0 amide bonds. The SMILES string of the molecule is Cc1nc2c3ccccc3oc2c2nc3ccc(Cl)cc3c(-c3ccccc3)c12. The molecular formula is C25H15ClN2O. The van der Waals surface area contributed by atoms with Crippen molar-refractivity contribution in [2.24, 2.45) is 0 Å². The maximum absolute atomic E-state index is 6.36. The lowest BCUT2D eigenvalue weighted by Gasteiger charge is -2.13. The van der Waals surface area contributed by atoms with Gasteiger partial charge in [0.15, 0.2) is 5.58 Å². The molecule has 3 heterocycles. The van der Waals surface area contributed by atoms with Crippen LogP contribution in [0.3, 0.4) is 0 Å². The average Bonchev–Trinajstić information content (AvgIpc) is 3.12. The summed E-state index contributed by atoms with van der Waals surface area (Å²) in [6.07, 6.45) is 0. The number of halogens is 1. The van der Waals surface area contributed by atoms with E-state index in [1.807, 2.05) is 67.6 Å². The third-order valence-corrected chi connectivity index (χ3v) is 5.67. The van der Waals surface area contributed by atoms with E-state index in [-0.39, 0.29) is 0 Å². The normalized spacial score (nSPS) is 11.8. The number of furan rings is 1. The molecule has 0 N–H and O–H groups in total. The van der Waals surface area contributed by atoms with E-state index in [9.17, 15) is 0 Å². The van der Waals surface area contributed by atoms with Crippen molar-refractivity contribution in [3.8, 4) is 11.1 Å². The Morgan fingerprint density at radius 1 is 0.793 bits per heavy atom. The molecule has 0 aliphatic heterocycles. The second kappa shape index (κ2) is 6.03. The van der Waals surface area contributed by atoms with Crippen LogP contribution in [0.25, 0.3) is 55.0 Å². The smallest absolute Gasteiger partial charge is 0.180 e. The average molecular weight is 395 g/mol. The minimum Gasteiger partial charge on any atom is -0.452 e. The van der Waals surface area contributed by atoms with Gasteiger partial charge >= 0.3 is 0 Å². The number of hydrogen-bond acceptors (Lipinski definition) is 3. The minimum atomic E-state index is 0.686. The van der Waals surface area contributed by atoms with E-state index >= 15 is 0 Å². The first kappa shape index (κ1) is 16.5. The maximum atomic E-state index is 6.36. The molecule has 138 valence electrons. The van der Waals surface area contributed by atoms with Crippen LogP contribution in [0.2, 0.25) is 5.02 Å². The van der Waals surface area contributed by atoms with Crippen LogP contribution in [0.15, 0.2) is 77.2 Å². The molecule has 0 aliphatic rings. The van der Waals surface area contributed by atoms with Gasteiger partial charge in [-0.1, -0.05) is 54.1 Å². The highest BCUT2D eigenvalue weighted by atomic mass is 35.5. The van der Waals surface area contributed by atoms with Gasteiger partial charge in [0.05, 0.1) is 5.52 Å². The summed E-state index contributed by atoms with van der Waals surface area (Å²) >= 11 is 6.36. The van der Waals surface area contributed by atoms with E-state index in [4.69, 9.17) is 26.0 Å². The van der Waals surface area contributed by atoms with E-state index < -0.39 is 0 Å². The van der Waals surface area contributed by atoms with Crippen LogP contribution < -0.4 is 0 Å². The third kappa shape index (κ3) is 2.38. The van der Waals surface area contributed by atoms with Crippen LogP contribution in [0.1, 0.15) is 5.69 Å². The number of nitrogens with zero attached hydrogens (tertiary/aromatic N) is 2. The van der Waals surface area contributed by atoms with Gasteiger partial charge in [0, 0.05) is 32.4 Å². The standard InChI is InChI=1S/C25H15ClN2O/c1-14-21-22(15-7-3-2-4-8-15)18-13-16(26)11-12-19(18)28-24(21)25-23(27-14)17-9-5-6-10-20(17)29-25/h2-13H,1H3. The molecule has 6 aromatic rings. The fourth-order valence-electron chi connectivity index (χ4n) is 4.18. The molecular weight excluding hydrogens is 380 g/mol. The summed E-state index contributed by atoms with van der Waals surface area (Å²) in [4.78, 5) is 9.94. The Kier molecular flexibility index (Phi) is 3.44. The summed E-state index contributed by atoms with van der Waals surface area (Å²) < 4.78 is 6.23. The molecule has 4 heteroatoms. The van der Waals surface area contributed by atoms with Gasteiger partial charge in [-0.05, 0) is 42.8 Å². The van der Waals surface area contributed by atoms with Crippen molar-refractivity contribution in [1.82, 2.24) is 9.97 Å². The van der Waals surface area contributed by atoms with Crippen LogP contribution >= 0.6 is 11.6 Å². The van der Waals surface area contributed by atoms with Crippen LogP contribution in [0.5, 0.6) is 0 Å². The summed E-state index contributed by atoms with van der Waals surface area (Å²) in [6, 6.07) is 24.1. The largest absolute Gasteiger partial charge is 0.452 e. The third-order valence-electron chi connectivity index (χ3n) is 5.44. The summed E-state index contributed by atoms with van der Waals surface area (Å²) in [5, 5.41) is 3.70. The predicted molar refractivity (Wildman–Crippen MR) is 120 cm³/mol. The second-order valence-electron chi connectivity index (χ2n) is 7.21. The Morgan fingerprint density at radius 2 is 1.59 bits per heavy atom. The highest BCUT2D eigenvalue weighted by Crippen LogP contribution is 2.41. The topological polar surface area (TPSA) is 38.9 Å². The zero-order valence-electron chi connectivity index (χ0n) is 15.6. The highest BCUT2D eigenvalue weighted by Gasteiger charge is 2.20. The zero-order valence-corrected chi connectivity index (χ0v) is 16.4. The quantitative estimate of drug-likeness (QED) is 0.274. The molecule has 29 heavy (non-hydrogen) atoms. The van der Waals surface area contributed by atoms with Gasteiger partial charge in [-0.15, -0.1) is 0 Å². The molecule has 0 atom stereocenters. The summed E-state index contributed by atoms with van der Waals surface area (Å²) in [5.41, 5.74) is 7.22. The van der Waals surface area contributed by atoms with Gasteiger partial charge in [0.25, 0.3) is 0 Å². The van der Waals surface area contributed by atoms with E-state index in [2.05, 4.69) is 12.1 Å². The summed E-state index contributed by atoms with van der Waals surface area (Å²) in [5.74, 6) is 0. The lowest BCUT2D eigenvalue weighted by molar-refractivity contribution is 0.671. The Bertz CT molecular complexity index is 1570. The van der Waals surface area contributed by atoms with E-state index in [0.29, 0.717) is 5.02 Å². The maximum Gasteiger partial charge on any atom is 0.180 e. The summed E-state index contributed by atoms with van der Waals surface area (Å²) in [7, 11) is 0. The monoisotopic (exact) mass is 394 g/mol. The molecule has 0 saturated carbocycles. The molecule has 3 aromatic carbocycles. The van der Waals surface area contributed by atoms with Crippen molar-refractivity contribution in [3.63, 3.8) is 0 Å². The first-order valence-electron chi connectivity index (χ1n) is 9.47. The molecule has 3 nitrogen and oxygen atoms in total. The molecule has 6 rings (SSSR count). The molecule has 0 aliphatic carbocycles. The number of hydrogen-bond donors (Lipinski definition) is 0. The van der Waals surface area contributed by atoms with Crippen molar-refractivity contribution >= 4 is 55.5 Å². The molecule has 0 saturated heterocycles. The molecule has 0 fully saturated rings. The number of rotatable bonds is 1. The van der Waals surface area contributed by atoms with Crippen LogP contribution in [-0.4, -0.2) is 9.97 Å². The number of para-hydroxylation sites is 1. The number of pyridine rings is 2. The predicted octanol–water partition coefficient (Wildman–Crippen LogP) is 7.31. The van der Waals surface area contributed by atoms with Crippen molar-refractivity contribution in [2.75, 3.05) is 0 Å². The van der Waals surface area contributed by atoms with E-state index in [1.54, 1.807) is 0 Å². The lowest BCUT2D eigenvalue weighted by atomic mass is 9.95. The van der Waals surface area contributed by atoms with Gasteiger partial charge < -0.3 is 4.42 Å². The Labute approximate surface area is 171 Å². The minimum absolute atomic E-state index is 0.686. The van der Waals surface area contributed by atoms with Gasteiger partial charge in [0.2, 0.25) is 0 Å². The van der Waals surface area contributed by atoms with Crippen molar-refractivity contribution in [1.29, 1.82) is 0 Å². The molecule has 0 radical (unpaired) electrons. The summed E-state index contributed by atoms with van der Waals surface area (Å²) in [6.45, 7) is 2.04. The molecule has 0 spiro atoms. The van der Waals surface area contributed by atoms with Gasteiger partial charge in [0.1, 0.15) is 16.6 Å². The van der Waals surface area contributed by atoms with Crippen molar-refractivity contribution in [3.05, 3.63) is 83.5 Å². The fraction of sp³-hybridized carbons (Fsp3) is 0.0400. The van der Waals surface area contributed by atoms with Crippen LogP contribution in [-0.2, 0) is 0 Å².